The molecule has 0 bridgehead atoms. The molecule has 124 valence electrons. The predicted molar refractivity (Wildman–Crippen MR) is 98.6 cm³/mol. The molecule has 1 heterocycles. The van der Waals surface area contributed by atoms with E-state index in [0.717, 1.165) is 28.0 Å². The van der Waals surface area contributed by atoms with E-state index < -0.39 is 6.10 Å². The van der Waals surface area contributed by atoms with Crippen molar-refractivity contribution in [2.24, 2.45) is 0 Å². The number of fused-ring (bicyclic) bond motifs is 1. The quantitative estimate of drug-likeness (QED) is 0.586. The molecular weight excluding hydrogens is 312 g/mol. The van der Waals surface area contributed by atoms with Crippen LogP contribution in [-0.2, 0) is 0 Å². The van der Waals surface area contributed by atoms with Gasteiger partial charge >= 0.3 is 0 Å². The van der Waals surface area contributed by atoms with E-state index in [2.05, 4.69) is 34.2 Å². The van der Waals surface area contributed by atoms with Crippen LogP contribution in [0.2, 0.25) is 0 Å². The molecule has 3 aromatic carbocycles. The fourth-order valence-electron chi connectivity index (χ4n) is 3.02. The number of aliphatic hydroxyl groups excluding tert-OH is 1. The van der Waals surface area contributed by atoms with Crippen molar-refractivity contribution in [3.8, 4) is 17.0 Å². The number of nitrogens with one attached hydrogen (secondary N) is 1. The van der Waals surface area contributed by atoms with E-state index in [-0.39, 0.29) is 0 Å². The molecular formula is C21H18N2O2. The summed E-state index contributed by atoms with van der Waals surface area (Å²) in [6, 6.07) is 21.7. The maximum atomic E-state index is 10.6. The second-order valence-electron chi connectivity index (χ2n) is 5.88. The van der Waals surface area contributed by atoms with Crippen molar-refractivity contribution in [2.45, 2.75) is 6.10 Å². The first-order chi connectivity index (χ1) is 12.3. The van der Waals surface area contributed by atoms with Gasteiger partial charge in [-0.15, -0.1) is 0 Å². The van der Waals surface area contributed by atoms with Gasteiger partial charge < -0.3 is 14.8 Å². The molecule has 0 aliphatic heterocycles. The number of aliphatic hydroxyl groups is 1. The first kappa shape index (κ1) is 15.4. The average molecular weight is 330 g/mol. The Bertz CT molecular complexity index is 1000. The average Bonchev–Trinajstić information content (AvgIpc) is 3.17. The molecule has 4 aromatic rings. The summed E-state index contributed by atoms with van der Waals surface area (Å²) < 4.78 is 5.15. The molecule has 0 saturated carbocycles. The summed E-state index contributed by atoms with van der Waals surface area (Å²) in [4.78, 5) is 7.64. The highest BCUT2D eigenvalue weighted by Gasteiger charge is 2.15. The first-order valence-electron chi connectivity index (χ1n) is 8.11. The van der Waals surface area contributed by atoms with Crippen LogP contribution in [0.4, 0.5) is 0 Å². The van der Waals surface area contributed by atoms with Crippen molar-refractivity contribution in [3.05, 3.63) is 84.3 Å². The molecule has 0 aliphatic carbocycles. The summed E-state index contributed by atoms with van der Waals surface area (Å²) in [6.07, 6.45) is 0.957. The van der Waals surface area contributed by atoms with Gasteiger partial charge in [-0.1, -0.05) is 54.6 Å². The third-order valence-electron chi connectivity index (χ3n) is 4.37. The van der Waals surface area contributed by atoms with E-state index in [9.17, 15) is 5.11 Å². The van der Waals surface area contributed by atoms with Gasteiger partial charge in [0.2, 0.25) is 0 Å². The molecule has 4 rings (SSSR count). The molecule has 2 N–H and O–H groups in total. The summed E-state index contributed by atoms with van der Waals surface area (Å²) >= 11 is 0. The van der Waals surface area contributed by atoms with Gasteiger partial charge in [0.05, 0.1) is 19.0 Å². The topological polar surface area (TPSA) is 58.1 Å². The lowest BCUT2D eigenvalue weighted by molar-refractivity contribution is 0.211. The monoisotopic (exact) mass is 330 g/mol. The molecule has 0 spiro atoms. The van der Waals surface area contributed by atoms with Crippen molar-refractivity contribution < 1.29 is 9.84 Å². The van der Waals surface area contributed by atoms with Crippen LogP contribution in [0.3, 0.4) is 0 Å². The van der Waals surface area contributed by atoms with E-state index >= 15 is 0 Å². The number of ether oxygens (including phenoxy) is 1. The van der Waals surface area contributed by atoms with Gasteiger partial charge in [0.1, 0.15) is 17.7 Å². The van der Waals surface area contributed by atoms with Crippen molar-refractivity contribution in [1.29, 1.82) is 0 Å². The first-order valence-corrected chi connectivity index (χ1v) is 8.11. The van der Waals surface area contributed by atoms with Gasteiger partial charge in [0, 0.05) is 5.56 Å². The summed E-state index contributed by atoms with van der Waals surface area (Å²) in [7, 11) is 1.62. The molecule has 0 aliphatic rings. The molecule has 1 unspecified atom stereocenters. The number of imidazole rings is 1. The fraction of sp³-hybridized carbons (Fsp3) is 0.0952. The SMILES string of the molecule is COc1ccc(C(O)c2ncc(-c3cccc4ccccc34)[nH]2)cc1. The minimum absolute atomic E-state index is 0.521. The Kier molecular flexibility index (Phi) is 3.96. The Morgan fingerprint density at radius 2 is 1.72 bits per heavy atom. The number of aromatic amines is 1. The molecule has 25 heavy (non-hydrogen) atoms. The van der Waals surface area contributed by atoms with E-state index in [1.807, 2.05) is 42.5 Å². The highest BCUT2D eigenvalue weighted by atomic mass is 16.5. The van der Waals surface area contributed by atoms with Gasteiger partial charge in [0.15, 0.2) is 0 Å². The Hall–Kier alpha value is -3.11. The molecule has 0 radical (unpaired) electrons. The number of hydrogen-bond donors (Lipinski definition) is 2. The molecule has 0 fully saturated rings. The number of rotatable bonds is 4. The summed E-state index contributed by atoms with van der Waals surface area (Å²) in [6.45, 7) is 0. The van der Waals surface area contributed by atoms with Crippen LogP contribution in [0.1, 0.15) is 17.5 Å². The maximum Gasteiger partial charge on any atom is 0.140 e. The minimum atomic E-state index is -0.811. The van der Waals surface area contributed by atoms with Gasteiger partial charge in [-0.05, 0) is 28.5 Å². The van der Waals surface area contributed by atoms with Crippen LogP contribution >= 0.6 is 0 Å². The van der Waals surface area contributed by atoms with Crippen molar-refractivity contribution in [1.82, 2.24) is 9.97 Å². The lowest BCUT2D eigenvalue weighted by atomic mass is 10.0. The minimum Gasteiger partial charge on any atom is -0.497 e. The standard InChI is InChI=1S/C21H18N2O2/c1-25-16-11-9-15(10-12-16)20(24)21-22-13-19(23-21)18-8-4-6-14-5-2-3-7-17(14)18/h2-13,20,24H,1H3,(H,22,23). The van der Waals surface area contributed by atoms with Gasteiger partial charge in [-0.2, -0.15) is 0 Å². The lowest BCUT2D eigenvalue weighted by Gasteiger charge is -2.09. The lowest BCUT2D eigenvalue weighted by Crippen LogP contribution is -2.01. The largest absolute Gasteiger partial charge is 0.497 e. The van der Waals surface area contributed by atoms with E-state index in [1.165, 1.54) is 5.39 Å². The van der Waals surface area contributed by atoms with Gasteiger partial charge in [0.25, 0.3) is 0 Å². The normalized spacial score (nSPS) is 12.2. The highest BCUT2D eigenvalue weighted by molar-refractivity contribution is 5.95. The van der Waals surface area contributed by atoms with E-state index in [1.54, 1.807) is 13.3 Å². The zero-order chi connectivity index (χ0) is 17.2. The van der Waals surface area contributed by atoms with E-state index in [0.29, 0.717) is 5.82 Å². The molecule has 4 heteroatoms. The summed E-state index contributed by atoms with van der Waals surface area (Å²) in [5.74, 6) is 1.28. The van der Waals surface area contributed by atoms with Crippen LogP contribution in [0, 0.1) is 0 Å². The van der Waals surface area contributed by atoms with Crippen LogP contribution < -0.4 is 4.74 Å². The van der Waals surface area contributed by atoms with Crippen molar-refractivity contribution in [3.63, 3.8) is 0 Å². The Morgan fingerprint density at radius 1 is 0.960 bits per heavy atom. The second kappa shape index (κ2) is 6.42. The number of benzene rings is 3. The molecule has 1 atom stereocenters. The van der Waals surface area contributed by atoms with Crippen molar-refractivity contribution >= 4 is 10.8 Å². The molecule has 4 nitrogen and oxygen atoms in total. The predicted octanol–water partition coefficient (Wildman–Crippen LogP) is 4.32. The zero-order valence-corrected chi connectivity index (χ0v) is 13.8. The summed E-state index contributed by atoms with van der Waals surface area (Å²) in [5.41, 5.74) is 2.72. The number of hydrogen-bond acceptors (Lipinski definition) is 3. The molecule has 0 saturated heterocycles. The van der Waals surface area contributed by atoms with Crippen LogP contribution in [0.5, 0.6) is 5.75 Å². The van der Waals surface area contributed by atoms with E-state index in [4.69, 9.17) is 4.74 Å². The van der Waals surface area contributed by atoms with Crippen molar-refractivity contribution in [2.75, 3.05) is 7.11 Å². The number of aromatic nitrogens is 2. The summed E-state index contributed by atoms with van der Waals surface area (Å²) in [5, 5.41) is 12.9. The third kappa shape index (κ3) is 2.88. The van der Waals surface area contributed by atoms with Crippen LogP contribution in [0.15, 0.2) is 72.9 Å². The molecule has 0 amide bonds. The third-order valence-corrected chi connectivity index (χ3v) is 4.37. The Morgan fingerprint density at radius 3 is 2.52 bits per heavy atom. The Balaban J connectivity index is 1.69. The van der Waals surface area contributed by atoms with Crippen LogP contribution in [-0.4, -0.2) is 22.2 Å². The number of methoxy groups -OCH3 is 1. The fourth-order valence-corrected chi connectivity index (χ4v) is 3.02. The Labute approximate surface area is 145 Å². The van der Waals surface area contributed by atoms with Gasteiger partial charge in [-0.3, -0.25) is 0 Å². The maximum absolute atomic E-state index is 10.6. The number of nitrogens with zero attached hydrogens (tertiary/aromatic N) is 1. The van der Waals surface area contributed by atoms with Crippen LogP contribution in [0.25, 0.3) is 22.0 Å². The zero-order valence-electron chi connectivity index (χ0n) is 13.8. The highest BCUT2D eigenvalue weighted by Crippen LogP contribution is 2.29. The second-order valence-corrected chi connectivity index (χ2v) is 5.88. The molecule has 1 aromatic heterocycles. The smallest absolute Gasteiger partial charge is 0.140 e. The van der Waals surface area contributed by atoms with Gasteiger partial charge in [-0.25, -0.2) is 4.98 Å². The number of H-pyrrole nitrogens is 1.